The van der Waals surface area contributed by atoms with E-state index in [0.717, 1.165) is 0 Å². The van der Waals surface area contributed by atoms with E-state index in [2.05, 4.69) is 34.6 Å². The Bertz CT molecular complexity index is 176. The molecular formula is C10H15Ru+2. The molecule has 0 saturated carbocycles. The van der Waals surface area contributed by atoms with Gasteiger partial charge >= 0.3 is 19.5 Å². The fraction of sp³-hybridized carbons (Fsp3) is 0.500. The SMILES string of the molecule is Cc1c(C)c(C)[c-](C)c1C.[Ru+3]. The summed E-state index contributed by atoms with van der Waals surface area (Å²) in [5, 5.41) is 0. The summed E-state index contributed by atoms with van der Waals surface area (Å²) in [7, 11) is 0. The van der Waals surface area contributed by atoms with E-state index in [-0.39, 0.29) is 19.5 Å². The smallest absolute Gasteiger partial charge is 0.196 e. The minimum absolute atomic E-state index is 0. The Morgan fingerprint density at radius 2 is 1.09 bits per heavy atom. The van der Waals surface area contributed by atoms with Crippen molar-refractivity contribution in [2.24, 2.45) is 0 Å². The van der Waals surface area contributed by atoms with Crippen LogP contribution >= 0.6 is 0 Å². The molecule has 0 bridgehead atoms. The third-order valence-corrected chi connectivity index (χ3v) is 2.81. The summed E-state index contributed by atoms with van der Waals surface area (Å²) in [6, 6.07) is 0. The van der Waals surface area contributed by atoms with Gasteiger partial charge in [-0.15, -0.1) is 0 Å². The van der Waals surface area contributed by atoms with Crippen LogP contribution in [-0.2, 0) is 19.5 Å². The summed E-state index contributed by atoms with van der Waals surface area (Å²) in [4.78, 5) is 0. The summed E-state index contributed by atoms with van der Waals surface area (Å²) in [6.07, 6.45) is 0. The van der Waals surface area contributed by atoms with E-state index in [1.165, 1.54) is 27.8 Å². The molecular weight excluding hydrogens is 221 g/mol. The van der Waals surface area contributed by atoms with Gasteiger partial charge in [0.05, 0.1) is 0 Å². The third kappa shape index (κ3) is 1.59. The molecule has 1 rings (SSSR count). The molecule has 0 amide bonds. The Balaban J connectivity index is 0.000001000. The molecule has 0 saturated heterocycles. The van der Waals surface area contributed by atoms with Gasteiger partial charge in [0, 0.05) is 0 Å². The molecule has 0 aliphatic carbocycles. The van der Waals surface area contributed by atoms with E-state index >= 15 is 0 Å². The molecule has 1 aromatic carbocycles. The predicted molar refractivity (Wildman–Crippen MR) is 45.7 cm³/mol. The topological polar surface area (TPSA) is 0 Å². The summed E-state index contributed by atoms with van der Waals surface area (Å²) < 4.78 is 0. The average Bonchev–Trinajstić information content (AvgIpc) is 2.07. The van der Waals surface area contributed by atoms with Crippen molar-refractivity contribution in [1.29, 1.82) is 0 Å². The van der Waals surface area contributed by atoms with Gasteiger partial charge in [-0.2, -0.15) is 27.8 Å². The second-order valence-corrected chi connectivity index (χ2v) is 3.12. The van der Waals surface area contributed by atoms with Gasteiger partial charge < -0.3 is 0 Å². The maximum atomic E-state index is 2.20. The van der Waals surface area contributed by atoms with Crippen LogP contribution in [0.4, 0.5) is 0 Å². The van der Waals surface area contributed by atoms with Crippen LogP contribution in [0.15, 0.2) is 0 Å². The molecule has 0 fully saturated rings. The molecule has 0 N–H and O–H groups in total. The van der Waals surface area contributed by atoms with Crippen LogP contribution in [0.3, 0.4) is 0 Å². The van der Waals surface area contributed by atoms with Gasteiger partial charge in [0.2, 0.25) is 0 Å². The zero-order valence-corrected chi connectivity index (χ0v) is 9.59. The predicted octanol–water partition coefficient (Wildman–Crippen LogP) is 2.95. The Labute approximate surface area is 82.1 Å². The van der Waals surface area contributed by atoms with E-state index in [0.29, 0.717) is 0 Å². The molecule has 0 aliphatic rings. The van der Waals surface area contributed by atoms with Crippen LogP contribution < -0.4 is 0 Å². The molecule has 1 aromatic rings. The summed E-state index contributed by atoms with van der Waals surface area (Å²) >= 11 is 0. The van der Waals surface area contributed by atoms with Gasteiger partial charge in [0.15, 0.2) is 0 Å². The van der Waals surface area contributed by atoms with Crippen molar-refractivity contribution >= 4 is 0 Å². The fourth-order valence-corrected chi connectivity index (χ4v) is 1.41. The zero-order valence-electron chi connectivity index (χ0n) is 7.85. The number of hydrogen-bond donors (Lipinski definition) is 0. The van der Waals surface area contributed by atoms with E-state index in [4.69, 9.17) is 0 Å². The first-order valence-electron chi connectivity index (χ1n) is 3.75. The fourth-order valence-electron chi connectivity index (χ4n) is 1.41. The van der Waals surface area contributed by atoms with Crippen molar-refractivity contribution in [2.75, 3.05) is 0 Å². The van der Waals surface area contributed by atoms with Crippen molar-refractivity contribution in [3.05, 3.63) is 27.8 Å². The van der Waals surface area contributed by atoms with Crippen LogP contribution in [-0.4, -0.2) is 0 Å². The van der Waals surface area contributed by atoms with Crippen molar-refractivity contribution < 1.29 is 19.5 Å². The number of hydrogen-bond acceptors (Lipinski definition) is 0. The van der Waals surface area contributed by atoms with Crippen LogP contribution in [0.5, 0.6) is 0 Å². The van der Waals surface area contributed by atoms with Crippen LogP contribution in [0.1, 0.15) is 27.8 Å². The van der Waals surface area contributed by atoms with Crippen LogP contribution in [0.25, 0.3) is 0 Å². The molecule has 61 valence electrons. The van der Waals surface area contributed by atoms with E-state index in [1.807, 2.05) is 0 Å². The van der Waals surface area contributed by atoms with Gasteiger partial charge in [-0.25, -0.2) is 0 Å². The molecule has 0 aliphatic heterocycles. The van der Waals surface area contributed by atoms with Gasteiger partial charge in [0.1, 0.15) is 0 Å². The van der Waals surface area contributed by atoms with Gasteiger partial charge in [-0.1, -0.05) is 34.6 Å². The standard InChI is InChI=1S/C10H15.Ru/c1-6-7(2)9(4)10(5)8(6)3;/h1-5H3;/q-1;+3. The Kier molecular flexibility index (Phi) is 3.57. The second-order valence-electron chi connectivity index (χ2n) is 3.12. The summed E-state index contributed by atoms with van der Waals surface area (Å²) in [5.41, 5.74) is 7.34. The molecule has 0 unspecified atom stereocenters. The van der Waals surface area contributed by atoms with Crippen LogP contribution in [0, 0.1) is 34.6 Å². The zero-order chi connectivity index (χ0) is 7.89. The van der Waals surface area contributed by atoms with E-state index in [1.54, 1.807) is 0 Å². The largest absolute Gasteiger partial charge is 3.00 e. The van der Waals surface area contributed by atoms with Gasteiger partial charge in [-0.05, 0) is 0 Å². The van der Waals surface area contributed by atoms with Gasteiger partial charge in [0.25, 0.3) is 0 Å². The van der Waals surface area contributed by atoms with E-state index in [9.17, 15) is 0 Å². The Morgan fingerprint density at radius 1 is 0.818 bits per heavy atom. The molecule has 0 nitrogen and oxygen atoms in total. The second kappa shape index (κ2) is 3.58. The third-order valence-electron chi connectivity index (χ3n) is 2.81. The average molecular weight is 236 g/mol. The Morgan fingerprint density at radius 3 is 1.18 bits per heavy atom. The van der Waals surface area contributed by atoms with E-state index < -0.39 is 0 Å². The molecule has 0 atom stereocenters. The molecule has 1 radical (unpaired) electrons. The minimum Gasteiger partial charge on any atom is -0.196 e. The Hall–Kier alpha value is -0.0266. The first kappa shape index (κ1) is 11.0. The molecule has 0 aromatic heterocycles. The molecule has 0 spiro atoms. The summed E-state index contributed by atoms with van der Waals surface area (Å²) in [5.74, 6) is 0. The maximum absolute atomic E-state index is 2.20. The monoisotopic (exact) mass is 237 g/mol. The first-order valence-corrected chi connectivity index (χ1v) is 3.75. The first-order chi connectivity index (χ1) is 4.55. The number of rotatable bonds is 0. The van der Waals surface area contributed by atoms with Gasteiger partial charge in [-0.3, -0.25) is 0 Å². The van der Waals surface area contributed by atoms with Crippen molar-refractivity contribution in [1.82, 2.24) is 0 Å². The molecule has 1 heteroatoms. The molecule has 11 heavy (non-hydrogen) atoms. The molecule has 0 heterocycles. The normalized spacial score (nSPS) is 9.55. The van der Waals surface area contributed by atoms with Crippen LogP contribution in [0.2, 0.25) is 0 Å². The van der Waals surface area contributed by atoms with Crippen molar-refractivity contribution in [3.63, 3.8) is 0 Å². The van der Waals surface area contributed by atoms with Crippen molar-refractivity contribution in [2.45, 2.75) is 34.6 Å². The quantitative estimate of drug-likeness (QED) is 0.480. The van der Waals surface area contributed by atoms with Crippen molar-refractivity contribution in [3.8, 4) is 0 Å². The minimum atomic E-state index is 0. The summed E-state index contributed by atoms with van der Waals surface area (Å²) in [6.45, 7) is 11.0. The maximum Gasteiger partial charge on any atom is 3.00 e.